The standard InChI is InChI=1S/C18H32N2O/c1-14(2)13-20(9-10-21-6)18-8-7-16(5)11-17(18)12-19-15(3)4/h7-8,11,14-15,19H,9-10,12-13H2,1-6H3. The molecule has 120 valence electrons. The molecule has 0 radical (unpaired) electrons. The molecule has 0 spiro atoms. The van der Waals surface area contributed by atoms with Crippen LogP contribution >= 0.6 is 0 Å². The molecule has 21 heavy (non-hydrogen) atoms. The van der Waals surface area contributed by atoms with Crippen LogP contribution in [0.2, 0.25) is 0 Å². The van der Waals surface area contributed by atoms with Gasteiger partial charge in [-0.05, 0) is 24.5 Å². The SMILES string of the molecule is COCCN(CC(C)C)c1ccc(C)cc1CNC(C)C. The van der Waals surface area contributed by atoms with Crippen molar-refractivity contribution in [2.24, 2.45) is 5.92 Å². The lowest BCUT2D eigenvalue weighted by Crippen LogP contribution is -2.32. The number of rotatable bonds is 9. The highest BCUT2D eigenvalue weighted by molar-refractivity contribution is 5.55. The molecule has 1 aromatic carbocycles. The first-order valence-electron chi connectivity index (χ1n) is 8.00. The number of anilines is 1. The number of hydrogen-bond acceptors (Lipinski definition) is 3. The van der Waals surface area contributed by atoms with E-state index in [1.54, 1.807) is 7.11 Å². The van der Waals surface area contributed by atoms with Gasteiger partial charge in [-0.25, -0.2) is 0 Å². The van der Waals surface area contributed by atoms with E-state index in [-0.39, 0.29) is 0 Å². The predicted molar refractivity (Wildman–Crippen MR) is 92.1 cm³/mol. The van der Waals surface area contributed by atoms with Gasteiger partial charge in [-0.1, -0.05) is 45.4 Å². The fraction of sp³-hybridized carbons (Fsp3) is 0.667. The summed E-state index contributed by atoms with van der Waals surface area (Å²) in [5.41, 5.74) is 4.02. The number of benzene rings is 1. The van der Waals surface area contributed by atoms with Crippen molar-refractivity contribution in [1.29, 1.82) is 0 Å². The number of nitrogens with zero attached hydrogens (tertiary/aromatic N) is 1. The van der Waals surface area contributed by atoms with Crippen molar-refractivity contribution in [2.75, 3.05) is 31.7 Å². The van der Waals surface area contributed by atoms with Crippen molar-refractivity contribution in [3.05, 3.63) is 29.3 Å². The Morgan fingerprint density at radius 2 is 1.90 bits per heavy atom. The van der Waals surface area contributed by atoms with Crippen LogP contribution in [-0.4, -0.2) is 32.8 Å². The highest BCUT2D eigenvalue weighted by Gasteiger charge is 2.13. The third kappa shape index (κ3) is 6.49. The van der Waals surface area contributed by atoms with Gasteiger partial charge in [-0.2, -0.15) is 0 Å². The molecule has 0 unspecified atom stereocenters. The van der Waals surface area contributed by atoms with E-state index in [0.717, 1.165) is 26.2 Å². The van der Waals surface area contributed by atoms with Crippen LogP contribution in [0.4, 0.5) is 5.69 Å². The molecule has 0 atom stereocenters. The molecular formula is C18H32N2O. The Kier molecular flexibility index (Phi) is 7.76. The van der Waals surface area contributed by atoms with Crippen LogP contribution in [0.15, 0.2) is 18.2 Å². The monoisotopic (exact) mass is 292 g/mol. The van der Waals surface area contributed by atoms with E-state index >= 15 is 0 Å². The Morgan fingerprint density at radius 1 is 1.19 bits per heavy atom. The molecule has 0 aliphatic heterocycles. The summed E-state index contributed by atoms with van der Waals surface area (Å²) in [4.78, 5) is 2.45. The Balaban J connectivity index is 2.98. The first kappa shape index (κ1) is 18.0. The summed E-state index contributed by atoms with van der Waals surface area (Å²) in [5.74, 6) is 0.633. The lowest BCUT2D eigenvalue weighted by Gasteiger charge is -2.29. The molecule has 1 N–H and O–H groups in total. The quantitative estimate of drug-likeness (QED) is 0.752. The first-order chi connectivity index (χ1) is 9.93. The van der Waals surface area contributed by atoms with E-state index in [2.05, 4.69) is 63.0 Å². The van der Waals surface area contributed by atoms with Crippen LogP contribution in [0.25, 0.3) is 0 Å². The van der Waals surface area contributed by atoms with Crippen molar-refractivity contribution in [3.63, 3.8) is 0 Å². The molecule has 1 aromatic rings. The highest BCUT2D eigenvalue weighted by atomic mass is 16.5. The van der Waals surface area contributed by atoms with Gasteiger partial charge in [0.25, 0.3) is 0 Å². The van der Waals surface area contributed by atoms with Gasteiger partial charge in [-0.15, -0.1) is 0 Å². The summed E-state index contributed by atoms with van der Waals surface area (Å²) in [6.07, 6.45) is 0. The molecule has 0 aromatic heterocycles. The van der Waals surface area contributed by atoms with Gasteiger partial charge >= 0.3 is 0 Å². The van der Waals surface area contributed by atoms with Crippen molar-refractivity contribution in [2.45, 2.75) is 47.2 Å². The first-order valence-corrected chi connectivity index (χ1v) is 8.00. The molecule has 0 saturated carbocycles. The van der Waals surface area contributed by atoms with Crippen LogP contribution in [-0.2, 0) is 11.3 Å². The number of hydrogen-bond donors (Lipinski definition) is 1. The molecule has 0 amide bonds. The molecule has 0 heterocycles. The van der Waals surface area contributed by atoms with Crippen LogP contribution in [0.1, 0.15) is 38.8 Å². The zero-order valence-electron chi connectivity index (χ0n) is 14.6. The van der Waals surface area contributed by atoms with E-state index in [0.29, 0.717) is 12.0 Å². The molecule has 0 saturated heterocycles. The Labute approximate surface area is 130 Å². The second-order valence-electron chi connectivity index (χ2n) is 6.50. The maximum Gasteiger partial charge on any atom is 0.0637 e. The third-order valence-electron chi connectivity index (χ3n) is 3.43. The van der Waals surface area contributed by atoms with Crippen LogP contribution < -0.4 is 10.2 Å². The molecule has 0 bridgehead atoms. The van der Waals surface area contributed by atoms with E-state index in [9.17, 15) is 0 Å². The molecule has 1 rings (SSSR count). The molecule has 0 fully saturated rings. The van der Waals surface area contributed by atoms with Gasteiger partial charge in [-0.3, -0.25) is 0 Å². The van der Waals surface area contributed by atoms with E-state index in [1.807, 2.05) is 0 Å². The van der Waals surface area contributed by atoms with Crippen LogP contribution in [0.3, 0.4) is 0 Å². The van der Waals surface area contributed by atoms with Crippen molar-refractivity contribution >= 4 is 5.69 Å². The topological polar surface area (TPSA) is 24.5 Å². The van der Waals surface area contributed by atoms with Crippen LogP contribution in [0, 0.1) is 12.8 Å². The summed E-state index contributed by atoms with van der Waals surface area (Å²) < 4.78 is 5.28. The van der Waals surface area contributed by atoms with Gasteiger partial charge in [0.2, 0.25) is 0 Å². The zero-order valence-corrected chi connectivity index (χ0v) is 14.6. The average Bonchev–Trinajstić information content (AvgIpc) is 2.41. The Morgan fingerprint density at radius 3 is 2.48 bits per heavy atom. The fourth-order valence-electron chi connectivity index (χ4n) is 2.43. The summed E-state index contributed by atoms with van der Waals surface area (Å²) in [5, 5.41) is 3.54. The van der Waals surface area contributed by atoms with E-state index < -0.39 is 0 Å². The Bertz CT molecular complexity index is 416. The van der Waals surface area contributed by atoms with Gasteiger partial charge in [0.15, 0.2) is 0 Å². The van der Waals surface area contributed by atoms with Crippen molar-refractivity contribution < 1.29 is 4.74 Å². The zero-order chi connectivity index (χ0) is 15.8. The number of ether oxygens (including phenoxy) is 1. The second-order valence-corrected chi connectivity index (χ2v) is 6.50. The number of aryl methyl sites for hydroxylation is 1. The maximum atomic E-state index is 5.28. The van der Waals surface area contributed by atoms with Gasteiger partial charge < -0.3 is 15.0 Å². The predicted octanol–water partition coefficient (Wildman–Crippen LogP) is 3.60. The highest BCUT2D eigenvalue weighted by Crippen LogP contribution is 2.23. The summed E-state index contributed by atoms with van der Waals surface area (Å²) in [6.45, 7) is 14.7. The normalized spacial score (nSPS) is 11.4. The molecular weight excluding hydrogens is 260 g/mol. The number of methoxy groups -OCH3 is 1. The minimum atomic E-state index is 0.496. The van der Waals surface area contributed by atoms with E-state index in [4.69, 9.17) is 4.74 Å². The minimum Gasteiger partial charge on any atom is -0.383 e. The summed E-state index contributed by atoms with van der Waals surface area (Å²) in [7, 11) is 1.77. The lowest BCUT2D eigenvalue weighted by atomic mass is 10.1. The molecule has 0 aliphatic rings. The molecule has 3 heteroatoms. The van der Waals surface area contributed by atoms with Crippen molar-refractivity contribution in [3.8, 4) is 0 Å². The largest absolute Gasteiger partial charge is 0.383 e. The minimum absolute atomic E-state index is 0.496. The average molecular weight is 292 g/mol. The lowest BCUT2D eigenvalue weighted by molar-refractivity contribution is 0.204. The third-order valence-corrected chi connectivity index (χ3v) is 3.43. The smallest absolute Gasteiger partial charge is 0.0637 e. The molecule has 0 aliphatic carbocycles. The van der Waals surface area contributed by atoms with Gasteiger partial charge in [0.05, 0.1) is 6.61 Å². The number of nitrogens with one attached hydrogen (secondary N) is 1. The van der Waals surface area contributed by atoms with Crippen LogP contribution in [0.5, 0.6) is 0 Å². The van der Waals surface area contributed by atoms with E-state index in [1.165, 1.54) is 16.8 Å². The van der Waals surface area contributed by atoms with Crippen molar-refractivity contribution in [1.82, 2.24) is 5.32 Å². The Hall–Kier alpha value is -1.06. The second kappa shape index (κ2) is 9.06. The summed E-state index contributed by atoms with van der Waals surface area (Å²) in [6, 6.07) is 7.25. The van der Waals surface area contributed by atoms with Gasteiger partial charge in [0.1, 0.15) is 0 Å². The fourth-order valence-corrected chi connectivity index (χ4v) is 2.43. The maximum absolute atomic E-state index is 5.28. The molecule has 3 nitrogen and oxygen atoms in total. The summed E-state index contributed by atoms with van der Waals surface area (Å²) >= 11 is 0. The van der Waals surface area contributed by atoms with Gasteiger partial charge in [0, 0.05) is 38.5 Å².